The van der Waals surface area contributed by atoms with Gasteiger partial charge in [0.1, 0.15) is 0 Å². The molecular weight excluding hydrogens is 252 g/mol. The predicted octanol–water partition coefficient (Wildman–Crippen LogP) is 2.62. The third-order valence-electron chi connectivity index (χ3n) is 5.72. The lowest BCUT2D eigenvalue weighted by Crippen LogP contribution is -2.57. The third kappa shape index (κ3) is 2.28. The number of hydrogen-bond donors (Lipinski definition) is 1. The number of carbonyl (C=O) groups is 2. The second-order valence-electron chi connectivity index (χ2n) is 7.37. The van der Waals surface area contributed by atoms with E-state index in [0.29, 0.717) is 24.2 Å². The van der Waals surface area contributed by atoms with Gasteiger partial charge in [-0.15, -0.1) is 0 Å². The van der Waals surface area contributed by atoms with E-state index in [-0.39, 0.29) is 17.2 Å². The molecule has 20 heavy (non-hydrogen) atoms. The lowest BCUT2D eigenvalue weighted by Gasteiger charge is -2.56. The van der Waals surface area contributed by atoms with E-state index in [1.54, 1.807) is 0 Å². The van der Waals surface area contributed by atoms with Crippen molar-refractivity contribution < 1.29 is 9.59 Å². The number of hydrogen-bond acceptors (Lipinski definition) is 3. The number of hydrazine groups is 1. The maximum atomic E-state index is 12.8. The van der Waals surface area contributed by atoms with Gasteiger partial charge in [0.2, 0.25) is 11.8 Å². The highest BCUT2D eigenvalue weighted by Gasteiger charge is 2.55. The lowest BCUT2D eigenvalue weighted by molar-refractivity contribution is -0.163. The number of nitrogens with zero attached hydrogens (tertiary/aromatic N) is 1. The van der Waals surface area contributed by atoms with Gasteiger partial charge in [0, 0.05) is 6.42 Å². The van der Waals surface area contributed by atoms with Crippen LogP contribution in [0.25, 0.3) is 0 Å². The summed E-state index contributed by atoms with van der Waals surface area (Å²) in [4.78, 5) is 24.8. The molecule has 112 valence electrons. The van der Waals surface area contributed by atoms with E-state index >= 15 is 0 Å². The number of rotatable bonds is 4. The number of imide groups is 1. The molecule has 0 heterocycles. The Hall–Kier alpha value is -0.900. The minimum absolute atomic E-state index is 0.0855. The number of amides is 2. The van der Waals surface area contributed by atoms with Crippen molar-refractivity contribution in [1.29, 1.82) is 0 Å². The summed E-state index contributed by atoms with van der Waals surface area (Å²) in [5.41, 5.74) is -0.300. The van der Waals surface area contributed by atoms with Gasteiger partial charge in [-0.3, -0.25) is 9.59 Å². The van der Waals surface area contributed by atoms with Crippen LogP contribution in [-0.2, 0) is 9.59 Å². The Labute approximate surface area is 121 Å². The van der Waals surface area contributed by atoms with E-state index in [2.05, 4.69) is 0 Å². The molecule has 0 atom stereocenters. The normalized spacial score (nSPS) is 38.0. The van der Waals surface area contributed by atoms with E-state index < -0.39 is 0 Å². The molecule has 4 aliphatic carbocycles. The molecule has 2 amide bonds. The van der Waals surface area contributed by atoms with Crippen LogP contribution >= 0.6 is 0 Å². The van der Waals surface area contributed by atoms with E-state index in [0.717, 1.165) is 37.1 Å². The largest absolute Gasteiger partial charge is 0.273 e. The molecule has 0 aromatic rings. The SMILES string of the molecule is CCCCC(=O)N(N)C(=O)C12CC3CC(CC(C3)C1)C2. The summed E-state index contributed by atoms with van der Waals surface area (Å²) in [6.45, 7) is 2.04. The first kappa shape index (κ1) is 14.1. The van der Waals surface area contributed by atoms with Crippen molar-refractivity contribution in [2.24, 2.45) is 29.0 Å². The van der Waals surface area contributed by atoms with E-state index in [1.807, 2.05) is 6.92 Å². The van der Waals surface area contributed by atoms with Crippen LogP contribution in [0, 0.1) is 23.2 Å². The topological polar surface area (TPSA) is 63.4 Å². The summed E-state index contributed by atoms with van der Waals surface area (Å²) in [6.07, 6.45) is 8.92. The Morgan fingerprint density at radius 3 is 2.05 bits per heavy atom. The number of carbonyl (C=O) groups excluding carboxylic acids is 2. The first-order valence-corrected chi connectivity index (χ1v) is 8.16. The zero-order chi connectivity index (χ0) is 14.3. The summed E-state index contributed by atoms with van der Waals surface area (Å²) in [6, 6.07) is 0. The van der Waals surface area contributed by atoms with Crippen LogP contribution in [0.1, 0.15) is 64.7 Å². The predicted molar refractivity (Wildman–Crippen MR) is 76.2 cm³/mol. The second kappa shape index (κ2) is 5.14. The highest BCUT2D eigenvalue weighted by atomic mass is 16.2. The average molecular weight is 278 g/mol. The fourth-order valence-electron chi connectivity index (χ4n) is 5.19. The minimum Gasteiger partial charge on any atom is -0.273 e. The Kier molecular flexibility index (Phi) is 3.61. The minimum atomic E-state index is -0.300. The van der Waals surface area contributed by atoms with Gasteiger partial charge in [0.05, 0.1) is 5.41 Å². The average Bonchev–Trinajstić information content (AvgIpc) is 2.41. The Morgan fingerprint density at radius 2 is 1.60 bits per heavy atom. The Balaban J connectivity index is 1.71. The van der Waals surface area contributed by atoms with Gasteiger partial charge in [0.15, 0.2) is 0 Å². The van der Waals surface area contributed by atoms with Gasteiger partial charge >= 0.3 is 0 Å². The van der Waals surface area contributed by atoms with Crippen LogP contribution < -0.4 is 5.84 Å². The highest BCUT2D eigenvalue weighted by Crippen LogP contribution is 2.60. The zero-order valence-electron chi connectivity index (χ0n) is 12.4. The molecule has 4 aliphatic rings. The smallest absolute Gasteiger partial charge is 0.249 e. The molecule has 0 aromatic heterocycles. The van der Waals surface area contributed by atoms with Crippen LogP contribution in [0.3, 0.4) is 0 Å². The van der Waals surface area contributed by atoms with Crippen LogP contribution in [0.4, 0.5) is 0 Å². The van der Waals surface area contributed by atoms with E-state index in [4.69, 9.17) is 5.84 Å². The van der Waals surface area contributed by atoms with Crippen LogP contribution in [0.2, 0.25) is 0 Å². The standard InChI is InChI=1S/C16H26N2O2/c1-2-3-4-14(19)18(17)15(20)16-8-11-5-12(9-16)7-13(6-11)10-16/h11-13H,2-10,17H2,1H3. The molecule has 2 N–H and O–H groups in total. The molecule has 0 unspecified atom stereocenters. The molecule has 4 nitrogen and oxygen atoms in total. The molecular formula is C16H26N2O2. The molecule has 0 saturated heterocycles. The van der Waals surface area contributed by atoms with Crippen molar-refractivity contribution in [2.45, 2.75) is 64.7 Å². The Morgan fingerprint density at radius 1 is 1.10 bits per heavy atom. The number of nitrogens with two attached hydrogens (primary N) is 1. The summed E-state index contributed by atoms with van der Waals surface area (Å²) >= 11 is 0. The van der Waals surface area contributed by atoms with Crippen molar-refractivity contribution in [3.8, 4) is 0 Å². The molecule has 4 fully saturated rings. The summed E-state index contributed by atoms with van der Waals surface area (Å²) in [5, 5.41) is 0.961. The first-order chi connectivity index (χ1) is 9.54. The van der Waals surface area contributed by atoms with Gasteiger partial charge < -0.3 is 0 Å². The van der Waals surface area contributed by atoms with Gasteiger partial charge in [-0.1, -0.05) is 13.3 Å². The molecule has 0 aromatic carbocycles. The van der Waals surface area contributed by atoms with Crippen molar-refractivity contribution >= 4 is 11.8 Å². The lowest BCUT2D eigenvalue weighted by atomic mass is 9.49. The van der Waals surface area contributed by atoms with Crippen LogP contribution in [-0.4, -0.2) is 16.8 Å². The van der Waals surface area contributed by atoms with Crippen molar-refractivity contribution in [3.05, 3.63) is 0 Å². The fraction of sp³-hybridized carbons (Fsp3) is 0.875. The highest BCUT2D eigenvalue weighted by molar-refractivity contribution is 5.97. The third-order valence-corrected chi connectivity index (χ3v) is 5.72. The fourth-order valence-corrected chi connectivity index (χ4v) is 5.19. The summed E-state index contributed by atoms with van der Waals surface area (Å²) < 4.78 is 0. The first-order valence-electron chi connectivity index (χ1n) is 8.16. The number of unbranched alkanes of at least 4 members (excludes halogenated alkanes) is 1. The van der Waals surface area contributed by atoms with Crippen LogP contribution in [0.15, 0.2) is 0 Å². The maximum absolute atomic E-state index is 12.8. The van der Waals surface area contributed by atoms with Crippen molar-refractivity contribution in [2.75, 3.05) is 0 Å². The van der Waals surface area contributed by atoms with Gasteiger partial charge in [0.25, 0.3) is 0 Å². The van der Waals surface area contributed by atoms with Gasteiger partial charge in [-0.05, 0) is 62.7 Å². The van der Waals surface area contributed by atoms with Crippen molar-refractivity contribution in [3.63, 3.8) is 0 Å². The van der Waals surface area contributed by atoms with E-state index in [9.17, 15) is 9.59 Å². The Bertz CT molecular complexity index is 383. The van der Waals surface area contributed by atoms with Crippen LogP contribution in [0.5, 0.6) is 0 Å². The van der Waals surface area contributed by atoms with Gasteiger partial charge in [-0.2, -0.15) is 0 Å². The second-order valence-corrected chi connectivity index (χ2v) is 7.37. The van der Waals surface area contributed by atoms with Gasteiger partial charge in [-0.25, -0.2) is 10.9 Å². The maximum Gasteiger partial charge on any atom is 0.249 e. The summed E-state index contributed by atoms with van der Waals surface area (Å²) in [7, 11) is 0. The zero-order valence-corrected chi connectivity index (χ0v) is 12.4. The summed E-state index contributed by atoms with van der Waals surface area (Å²) in [5.74, 6) is 7.67. The van der Waals surface area contributed by atoms with E-state index in [1.165, 1.54) is 19.3 Å². The van der Waals surface area contributed by atoms with Crippen molar-refractivity contribution in [1.82, 2.24) is 5.01 Å². The monoisotopic (exact) mass is 278 g/mol. The molecule has 0 spiro atoms. The molecule has 0 radical (unpaired) electrons. The molecule has 4 bridgehead atoms. The molecule has 4 heteroatoms. The molecule has 4 saturated carbocycles. The molecule has 4 rings (SSSR count). The molecule has 0 aliphatic heterocycles. The quantitative estimate of drug-likeness (QED) is 0.488.